The number of rotatable bonds is 6. The number of carbonyl (C=O) groups is 2. The lowest BCUT2D eigenvalue weighted by atomic mass is 10.2. The third-order valence-electron chi connectivity index (χ3n) is 3.19. The van der Waals surface area contributed by atoms with Crippen LogP contribution in [0.25, 0.3) is 0 Å². The molecule has 110 valence electrons. The first kappa shape index (κ1) is 15.7. The molecule has 3 unspecified atom stereocenters. The third kappa shape index (κ3) is 4.36. The molecule has 0 saturated carbocycles. The molecule has 0 radical (unpaired) electrons. The number of urea groups is 1. The maximum atomic E-state index is 12.0. The number of hydrogen-bond donors (Lipinski definition) is 2. The van der Waals surface area contributed by atoms with Crippen molar-refractivity contribution in [3.63, 3.8) is 0 Å². The number of nitrogens with one attached hydrogen (secondary N) is 1. The Labute approximate surface area is 112 Å². The van der Waals surface area contributed by atoms with Gasteiger partial charge in [0.05, 0.1) is 12.7 Å². The van der Waals surface area contributed by atoms with Crippen LogP contribution in [0.3, 0.4) is 0 Å². The van der Waals surface area contributed by atoms with Crippen molar-refractivity contribution < 1.29 is 24.2 Å². The third-order valence-corrected chi connectivity index (χ3v) is 3.19. The van der Waals surface area contributed by atoms with E-state index >= 15 is 0 Å². The second-order valence-corrected chi connectivity index (χ2v) is 4.85. The maximum absolute atomic E-state index is 12.0. The summed E-state index contributed by atoms with van der Waals surface area (Å²) in [6.07, 6.45) is 0.107. The van der Waals surface area contributed by atoms with Crippen LogP contribution in [0.5, 0.6) is 0 Å². The lowest BCUT2D eigenvalue weighted by Gasteiger charge is -2.22. The summed E-state index contributed by atoms with van der Waals surface area (Å²) in [6.45, 7) is 3.24. The van der Waals surface area contributed by atoms with Crippen molar-refractivity contribution in [3.8, 4) is 0 Å². The highest BCUT2D eigenvalue weighted by molar-refractivity contribution is 5.83. The fourth-order valence-corrected chi connectivity index (χ4v) is 2.13. The number of hydrogen-bond acceptors (Lipinski definition) is 4. The highest BCUT2D eigenvalue weighted by Gasteiger charge is 2.39. The highest BCUT2D eigenvalue weighted by Crippen LogP contribution is 2.20. The van der Waals surface area contributed by atoms with Crippen LogP contribution in [0.1, 0.15) is 13.3 Å². The normalized spacial score (nSPS) is 24.3. The number of aliphatic carboxylic acids is 1. The molecule has 19 heavy (non-hydrogen) atoms. The van der Waals surface area contributed by atoms with Crippen LogP contribution in [-0.4, -0.2) is 68.1 Å². The number of carboxylic acids is 1. The molecule has 0 aromatic carbocycles. The molecule has 2 N–H and O–H groups in total. The van der Waals surface area contributed by atoms with Crippen molar-refractivity contribution in [1.82, 2.24) is 10.2 Å². The molecule has 1 rings (SSSR count). The first-order valence-electron chi connectivity index (χ1n) is 6.28. The predicted octanol–water partition coefficient (Wildman–Crippen LogP) is 0.152. The number of carboxylic acid groups (broad SMARTS) is 1. The van der Waals surface area contributed by atoms with Gasteiger partial charge in [0.15, 0.2) is 0 Å². The molecule has 0 aliphatic carbocycles. The average Bonchev–Trinajstić information content (AvgIpc) is 2.80. The number of carbonyl (C=O) groups excluding carboxylic acids is 1. The van der Waals surface area contributed by atoms with Crippen LogP contribution in [0.4, 0.5) is 4.79 Å². The molecular formula is C12H22N2O5. The molecule has 3 atom stereocenters. The molecule has 2 amide bonds. The van der Waals surface area contributed by atoms with E-state index in [0.717, 1.165) is 0 Å². The topological polar surface area (TPSA) is 88.1 Å². The maximum Gasteiger partial charge on any atom is 0.326 e. The van der Waals surface area contributed by atoms with Gasteiger partial charge in [-0.25, -0.2) is 9.59 Å². The van der Waals surface area contributed by atoms with Crippen molar-refractivity contribution >= 4 is 12.0 Å². The van der Waals surface area contributed by atoms with E-state index in [1.54, 1.807) is 7.11 Å². The number of amides is 2. The molecule has 1 aliphatic rings. The second-order valence-electron chi connectivity index (χ2n) is 4.85. The Morgan fingerprint density at radius 1 is 1.47 bits per heavy atom. The number of methoxy groups -OCH3 is 2. The van der Waals surface area contributed by atoms with Gasteiger partial charge in [0.1, 0.15) is 6.04 Å². The second kappa shape index (κ2) is 7.30. The van der Waals surface area contributed by atoms with Crippen molar-refractivity contribution in [3.05, 3.63) is 0 Å². The molecule has 1 heterocycles. The molecule has 0 aromatic rings. The van der Waals surface area contributed by atoms with E-state index in [2.05, 4.69) is 5.32 Å². The summed E-state index contributed by atoms with van der Waals surface area (Å²) in [4.78, 5) is 24.4. The van der Waals surface area contributed by atoms with Crippen molar-refractivity contribution in [2.45, 2.75) is 25.5 Å². The Morgan fingerprint density at radius 2 is 2.16 bits per heavy atom. The number of likely N-dealkylation sites (tertiary alicyclic amines) is 1. The molecule has 0 spiro atoms. The Bertz CT molecular complexity index is 323. The molecule has 1 saturated heterocycles. The van der Waals surface area contributed by atoms with E-state index in [0.29, 0.717) is 26.1 Å². The molecule has 0 aromatic heterocycles. The van der Waals surface area contributed by atoms with Gasteiger partial charge >= 0.3 is 12.0 Å². The van der Waals surface area contributed by atoms with Gasteiger partial charge in [-0.1, -0.05) is 6.92 Å². The van der Waals surface area contributed by atoms with E-state index in [1.165, 1.54) is 12.0 Å². The smallest absolute Gasteiger partial charge is 0.326 e. The van der Waals surface area contributed by atoms with Gasteiger partial charge in [-0.15, -0.1) is 0 Å². The van der Waals surface area contributed by atoms with Crippen LogP contribution in [0, 0.1) is 5.92 Å². The monoisotopic (exact) mass is 274 g/mol. The minimum Gasteiger partial charge on any atom is -0.480 e. The standard InChI is InChI=1S/C12H22N2O5/c1-8(7-18-2)5-13-12(17)14-6-9(19-3)4-10(14)11(15)16/h8-10H,4-7H2,1-3H3,(H,13,17)(H,15,16). The quantitative estimate of drug-likeness (QED) is 0.720. The summed E-state index contributed by atoms with van der Waals surface area (Å²) >= 11 is 0. The Kier molecular flexibility index (Phi) is 6.04. The average molecular weight is 274 g/mol. The van der Waals surface area contributed by atoms with E-state index in [4.69, 9.17) is 14.6 Å². The first-order chi connectivity index (χ1) is 8.99. The number of nitrogens with zero attached hydrogens (tertiary/aromatic N) is 1. The van der Waals surface area contributed by atoms with Crippen LogP contribution in [0.2, 0.25) is 0 Å². The molecule has 7 nitrogen and oxygen atoms in total. The van der Waals surface area contributed by atoms with Crippen LogP contribution in [0.15, 0.2) is 0 Å². The van der Waals surface area contributed by atoms with Gasteiger partial charge < -0.3 is 24.8 Å². The summed E-state index contributed by atoms with van der Waals surface area (Å²) in [7, 11) is 3.12. The summed E-state index contributed by atoms with van der Waals surface area (Å²) in [5.41, 5.74) is 0. The molecule has 0 bridgehead atoms. The molecule has 7 heteroatoms. The Balaban J connectivity index is 2.52. The summed E-state index contributed by atoms with van der Waals surface area (Å²) in [6, 6.07) is -1.18. The minimum atomic E-state index is -1.00. The van der Waals surface area contributed by atoms with Gasteiger partial charge in [-0.2, -0.15) is 0 Å². The lowest BCUT2D eigenvalue weighted by molar-refractivity contribution is -0.141. The minimum absolute atomic E-state index is 0.179. The lowest BCUT2D eigenvalue weighted by Crippen LogP contribution is -2.47. The van der Waals surface area contributed by atoms with Crippen LogP contribution < -0.4 is 5.32 Å². The van der Waals surface area contributed by atoms with Crippen molar-refractivity contribution in [2.75, 3.05) is 33.9 Å². The van der Waals surface area contributed by atoms with E-state index in [1.807, 2.05) is 6.92 Å². The van der Waals surface area contributed by atoms with Gasteiger partial charge in [-0.3, -0.25) is 0 Å². The summed E-state index contributed by atoms with van der Waals surface area (Å²) in [5.74, 6) is -0.822. The fourth-order valence-electron chi connectivity index (χ4n) is 2.13. The van der Waals surface area contributed by atoms with E-state index < -0.39 is 12.0 Å². The first-order valence-corrected chi connectivity index (χ1v) is 6.28. The molecule has 1 aliphatic heterocycles. The van der Waals surface area contributed by atoms with Gasteiger partial charge in [0.25, 0.3) is 0 Å². The van der Waals surface area contributed by atoms with Gasteiger partial charge in [0, 0.05) is 33.7 Å². The van der Waals surface area contributed by atoms with Crippen molar-refractivity contribution in [1.29, 1.82) is 0 Å². The SMILES string of the molecule is COCC(C)CNC(=O)N1CC(OC)CC1C(=O)O. The zero-order chi connectivity index (χ0) is 14.4. The van der Waals surface area contributed by atoms with E-state index in [9.17, 15) is 9.59 Å². The largest absolute Gasteiger partial charge is 0.480 e. The summed E-state index contributed by atoms with van der Waals surface area (Å²) < 4.78 is 10.1. The Hall–Kier alpha value is -1.34. The zero-order valence-electron chi connectivity index (χ0n) is 11.6. The van der Waals surface area contributed by atoms with E-state index in [-0.39, 0.29) is 18.1 Å². The highest BCUT2D eigenvalue weighted by atomic mass is 16.5. The number of ether oxygens (including phenoxy) is 2. The van der Waals surface area contributed by atoms with Crippen molar-refractivity contribution in [2.24, 2.45) is 5.92 Å². The van der Waals surface area contributed by atoms with Gasteiger partial charge in [0.2, 0.25) is 0 Å². The summed E-state index contributed by atoms with van der Waals surface area (Å²) in [5, 5.41) is 11.8. The fraction of sp³-hybridized carbons (Fsp3) is 0.833. The predicted molar refractivity (Wildman–Crippen MR) is 68.0 cm³/mol. The molecule has 1 fully saturated rings. The van der Waals surface area contributed by atoms with Crippen LogP contribution >= 0.6 is 0 Å². The van der Waals surface area contributed by atoms with Crippen LogP contribution in [-0.2, 0) is 14.3 Å². The molecular weight excluding hydrogens is 252 g/mol. The zero-order valence-corrected chi connectivity index (χ0v) is 11.6. The van der Waals surface area contributed by atoms with Gasteiger partial charge in [-0.05, 0) is 5.92 Å². The Morgan fingerprint density at radius 3 is 2.68 bits per heavy atom.